The Bertz CT molecular complexity index is 2630. The van der Waals surface area contributed by atoms with Crippen LogP contribution >= 0.6 is 22.9 Å². The molecule has 1 saturated carbocycles. The molecule has 16 nitrogen and oxygen atoms in total. The second kappa shape index (κ2) is 20.5. The van der Waals surface area contributed by atoms with E-state index >= 15 is 0 Å². The molecule has 378 valence electrons. The highest BCUT2D eigenvalue weighted by molar-refractivity contribution is 7.13. The number of β-amino-alcohol motifs (C(OH)–C–C–N with tert-alkyl or cyclic N) is 1. The lowest BCUT2D eigenvalue weighted by Crippen LogP contribution is -2.74. The summed E-state index contributed by atoms with van der Waals surface area (Å²) in [5, 5.41) is 29.6. The molecule has 4 N–H and O–H groups in total. The number of nitrogens with one attached hydrogen (secondary N) is 3. The Morgan fingerprint density at radius 1 is 0.958 bits per heavy atom. The van der Waals surface area contributed by atoms with E-state index in [-0.39, 0.29) is 61.3 Å². The highest BCUT2D eigenvalue weighted by Gasteiger charge is 2.64. The molecule has 4 aromatic rings. The average Bonchev–Trinajstić information content (AvgIpc) is 3.94. The number of anilines is 1. The number of rotatable bonds is 14. The van der Waals surface area contributed by atoms with E-state index in [2.05, 4.69) is 69.4 Å². The van der Waals surface area contributed by atoms with E-state index in [9.17, 15) is 29.5 Å². The number of carbonyl (C=O) groups is 4. The van der Waals surface area contributed by atoms with Crippen molar-refractivity contribution in [1.82, 2.24) is 40.6 Å². The fourth-order valence-corrected chi connectivity index (χ4v) is 12.2. The number of aryl methyl sites for hydroxylation is 1. The fourth-order valence-electron chi connectivity index (χ4n) is 11.2. The zero-order valence-corrected chi connectivity index (χ0v) is 43.7. The topological polar surface area (TPSA) is 196 Å². The number of hydrogen-bond acceptors (Lipinski definition) is 13. The average molecular weight is 1010 g/mol. The number of pyridine rings is 1. The first-order chi connectivity index (χ1) is 33.5. The summed E-state index contributed by atoms with van der Waals surface area (Å²) in [6.45, 7) is 22.6. The van der Waals surface area contributed by atoms with Gasteiger partial charge in [0.05, 0.1) is 50.9 Å². The van der Waals surface area contributed by atoms with Crippen LogP contribution in [0.4, 0.5) is 5.82 Å². The molecule has 8 rings (SSSR count). The molecule has 3 aliphatic heterocycles. The minimum Gasteiger partial charge on any atom is -0.489 e. The lowest BCUT2D eigenvalue weighted by atomic mass is 9.49. The van der Waals surface area contributed by atoms with Crippen molar-refractivity contribution in [2.24, 2.45) is 16.2 Å². The maximum atomic E-state index is 14.3. The van der Waals surface area contributed by atoms with Gasteiger partial charge in [-0.25, -0.2) is 9.97 Å². The van der Waals surface area contributed by atoms with E-state index in [0.29, 0.717) is 27.9 Å². The number of hydrogen-bond donors (Lipinski definition) is 4. The second-order valence-corrected chi connectivity index (χ2v) is 23.2. The molecule has 4 amide bonds. The maximum Gasteiger partial charge on any atom is 0.253 e. The van der Waals surface area contributed by atoms with E-state index in [4.69, 9.17) is 21.3 Å². The van der Waals surface area contributed by atoms with Crippen molar-refractivity contribution in [2.45, 2.75) is 111 Å². The Balaban J connectivity index is 0.776. The molecule has 4 fully saturated rings. The van der Waals surface area contributed by atoms with Crippen molar-refractivity contribution in [2.75, 3.05) is 57.3 Å². The van der Waals surface area contributed by atoms with Gasteiger partial charge in [-0.3, -0.25) is 29.0 Å². The molecule has 71 heavy (non-hydrogen) atoms. The highest BCUT2D eigenvalue weighted by Crippen LogP contribution is 2.55. The summed E-state index contributed by atoms with van der Waals surface area (Å²) in [6.07, 6.45) is 0.666. The third kappa shape index (κ3) is 10.9. The third-order valence-corrected chi connectivity index (χ3v) is 16.3. The number of thiazole rings is 1. The number of amides is 4. The third-order valence-electron chi connectivity index (χ3n) is 15.0. The predicted octanol–water partition coefficient (Wildman–Crippen LogP) is 5.83. The molecule has 3 saturated heterocycles. The Morgan fingerprint density at radius 2 is 1.65 bits per heavy atom. The van der Waals surface area contributed by atoms with E-state index in [0.717, 1.165) is 66.8 Å². The zero-order chi connectivity index (χ0) is 51.2. The van der Waals surface area contributed by atoms with Crippen LogP contribution < -0.4 is 25.6 Å². The first-order valence-electron chi connectivity index (χ1n) is 24.5. The van der Waals surface area contributed by atoms with E-state index < -0.39 is 34.4 Å². The number of halogens is 1. The molecule has 0 unspecified atom stereocenters. The van der Waals surface area contributed by atoms with Crippen LogP contribution in [0.5, 0.6) is 5.75 Å². The van der Waals surface area contributed by atoms with Crippen LogP contribution in [0.2, 0.25) is 5.02 Å². The summed E-state index contributed by atoms with van der Waals surface area (Å²) >= 11 is 7.84. The lowest BCUT2D eigenvalue weighted by molar-refractivity contribution is -0.164. The molecule has 0 radical (unpaired) electrons. The SMILES string of the molecule is Cc1ncsc1-c1ccc([C@H](C)NC(=O)[C@@H]2C[C@@H](O)CN2C(=O)[C@@H](NC(=O)CN2CC(N3CCN(c4ccc(C(=O)N[C@H]5C(C)(C)[C@H](Oc6ccc(C#N)c(Cl)c6)C5(C)C)cn4)CC3)C2)C(C)(C)C)cc1. The number of aliphatic hydroxyl groups is 1. The van der Waals surface area contributed by atoms with Crippen molar-refractivity contribution in [3.05, 3.63) is 93.7 Å². The van der Waals surface area contributed by atoms with Crippen LogP contribution in [0.1, 0.15) is 95.0 Å². The number of piperazine rings is 1. The molecule has 18 heteroatoms. The monoisotopic (exact) mass is 1010 g/mol. The van der Waals surface area contributed by atoms with Crippen molar-refractivity contribution in [3.8, 4) is 22.3 Å². The number of nitriles is 1. The van der Waals surface area contributed by atoms with Crippen molar-refractivity contribution < 1.29 is 29.0 Å². The van der Waals surface area contributed by atoms with Gasteiger partial charge in [0.25, 0.3) is 5.91 Å². The standard InChI is InChI=1S/C53H67ClN10O6S/c1-31(33-10-12-34(13-11-33)44-32(2)57-30-71-44)58-47(68)41-22-38(65)28-64(41)48(69)45(51(3,4)5)59-43(66)29-61-26-37(27-61)62-18-20-63(21-19-62)42-17-15-36(25-56-42)46(67)60-49-52(6,7)50(53(49,8)9)70-39-16-14-35(24-55)40(54)23-39/h10-17,23,25,30-31,37-38,41,45,49-50,65H,18-22,26-29H2,1-9H3,(H,58,68)(H,59,66)(H,60,67)/t31-,38+,41-,45+,49-,50-/m0/s1. The summed E-state index contributed by atoms with van der Waals surface area (Å²) in [5.74, 6) is 0.188. The first kappa shape index (κ1) is 51.7. The summed E-state index contributed by atoms with van der Waals surface area (Å²) in [4.78, 5) is 73.4. The van der Waals surface area contributed by atoms with Gasteiger partial charge in [-0.15, -0.1) is 11.3 Å². The fraction of sp³-hybridized carbons (Fsp3) is 0.528. The molecule has 1 aliphatic carbocycles. The predicted molar refractivity (Wildman–Crippen MR) is 274 cm³/mol. The second-order valence-electron chi connectivity index (χ2n) is 22.0. The van der Waals surface area contributed by atoms with Gasteiger partial charge < -0.3 is 35.6 Å². The molecule has 0 spiro atoms. The number of ether oxygens (including phenoxy) is 1. The number of nitrogens with zero attached hydrogens (tertiary/aromatic N) is 7. The van der Waals surface area contributed by atoms with Gasteiger partial charge in [-0.05, 0) is 54.7 Å². The van der Waals surface area contributed by atoms with Crippen LogP contribution in [-0.4, -0.2) is 142 Å². The summed E-state index contributed by atoms with van der Waals surface area (Å²) < 4.78 is 6.38. The smallest absolute Gasteiger partial charge is 0.253 e. The molecular formula is C53H67ClN10O6S. The molecule has 0 bridgehead atoms. The molecule has 4 atom stereocenters. The molecule has 5 heterocycles. The Morgan fingerprint density at radius 3 is 2.24 bits per heavy atom. The van der Waals surface area contributed by atoms with Gasteiger partial charge in [0.15, 0.2) is 0 Å². The largest absolute Gasteiger partial charge is 0.489 e. The summed E-state index contributed by atoms with van der Waals surface area (Å²) in [5.41, 5.74) is 4.17. The molecule has 2 aromatic heterocycles. The van der Waals surface area contributed by atoms with Crippen LogP contribution in [0, 0.1) is 34.5 Å². The Hall–Kier alpha value is -5.64. The van der Waals surface area contributed by atoms with E-state index in [1.165, 1.54) is 4.90 Å². The number of benzene rings is 2. The van der Waals surface area contributed by atoms with Gasteiger partial charge in [0.2, 0.25) is 17.7 Å². The number of aliphatic hydroxyl groups excluding tert-OH is 1. The molecule has 2 aromatic carbocycles. The number of likely N-dealkylation sites (tertiary alicyclic amines) is 2. The van der Waals surface area contributed by atoms with Gasteiger partial charge >= 0.3 is 0 Å². The minimum absolute atomic E-state index is 0.00613. The quantitative estimate of drug-likeness (QED) is 0.118. The van der Waals surface area contributed by atoms with Gasteiger partial charge in [-0.1, -0.05) is 84.3 Å². The van der Waals surface area contributed by atoms with Crippen LogP contribution in [0.15, 0.2) is 66.3 Å². The summed E-state index contributed by atoms with van der Waals surface area (Å²) in [7, 11) is 0. The molecule has 4 aliphatic rings. The van der Waals surface area contributed by atoms with Crippen molar-refractivity contribution in [3.63, 3.8) is 0 Å². The maximum absolute atomic E-state index is 14.3. The van der Waals surface area contributed by atoms with E-state index in [1.807, 2.05) is 76.5 Å². The van der Waals surface area contributed by atoms with E-state index in [1.54, 1.807) is 35.7 Å². The Labute approximate surface area is 426 Å². The van der Waals surface area contributed by atoms with Crippen LogP contribution in [-0.2, 0) is 14.4 Å². The zero-order valence-electron chi connectivity index (χ0n) is 42.2. The van der Waals surface area contributed by atoms with Crippen LogP contribution in [0.3, 0.4) is 0 Å². The minimum atomic E-state index is -0.907. The number of aromatic nitrogens is 2. The number of carbonyl (C=O) groups excluding carboxylic acids is 4. The van der Waals surface area contributed by atoms with Crippen molar-refractivity contribution in [1.29, 1.82) is 5.26 Å². The summed E-state index contributed by atoms with van der Waals surface area (Å²) in [6, 6.07) is 16.8. The lowest BCUT2D eigenvalue weighted by Gasteiger charge is -2.63. The van der Waals surface area contributed by atoms with Gasteiger partial charge in [0, 0.05) is 87.4 Å². The normalized spacial score (nSPS) is 23.1. The van der Waals surface area contributed by atoms with Crippen molar-refractivity contribution >= 4 is 52.4 Å². The Kier molecular flexibility index (Phi) is 14.9. The highest BCUT2D eigenvalue weighted by atomic mass is 35.5. The van der Waals surface area contributed by atoms with Crippen LogP contribution in [0.25, 0.3) is 10.4 Å². The molecular weight excluding hydrogens is 940 g/mol. The van der Waals surface area contributed by atoms with Gasteiger partial charge in [0.1, 0.15) is 35.8 Å². The van der Waals surface area contributed by atoms with Gasteiger partial charge in [-0.2, -0.15) is 5.26 Å². The first-order valence-corrected chi connectivity index (χ1v) is 25.7.